The molecule has 0 aliphatic rings. The standard InChI is InChI=1S/C19H23ClN2O4S/c1-5-18(19(23)21-14-10-9-13(2)17(20)11-14)22(27(4,24)25)15-7-6-8-16(12-15)26-3/h6-12,18H,5H2,1-4H3,(H,21,23). The van der Waals surface area contributed by atoms with Crippen LogP contribution in [-0.4, -0.2) is 33.7 Å². The molecule has 0 heterocycles. The summed E-state index contributed by atoms with van der Waals surface area (Å²) in [6.07, 6.45) is 1.36. The second-order valence-corrected chi connectivity index (χ2v) is 8.40. The molecule has 6 nitrogen and oxygen atoms in total. The van der Waals surface area contributed by atoms with Gasteiger partial charge in [0.15, 0.2) is 0 Å². The van der Waals surface area contributed by atoms with Crippen molar-refractivity contribution in [2.24, 2.45) is 0 Å². The molecule has 1 unspecified atom stereocenters. The molecule has 0 saturated heterocycles. The van der Waals surface area contributed by atoms with Crippen molar-refractivity contribution >= 4 is 38.9 Å². The lowest BCUT2D eigenvalue weighted by molar-refractivity contribution is -0.117. The van der Waals surface area contributed by atoms with Crippen molar-refractivity contribution in [2.75, 3.05) is 23.0 Å². The second kappa shape index (κ2) is 8.63. The van der Waals surface area contributed by atoms with Gasteiger partial charge in [0.05, 0.1) is 19.1 Å². The van der Waals surface area contributed by atoms with Crippen LogP contribution in [0.15, 0.2) is 42.5 Å². The van der Waals surface area contributed by atoms with E-state index in [-0.39, 0.29) is 6.42 Å². The number of hydrogen-bond acceptors (Lipinski definition) is 4. The van der Waals surface area contributed by atoms with Crippen LogP contribution in [0.2, 0.25) is 5.02 Å². The summed E-state index contributed by atoms with van der Waals surface area (Å²) in [5.74, 6) is 0.0624. The van der Waals surface area contributed by atoms with Gasteiger partial charge < -0.3 is 10.1 Å². The number of halogens is 1. The van der Waals surface area contributed by atoms with E-state index in [2.05, 4.69) is 5.32 Å². The Morgan fingerprint density at radius 3 is 2.52 bits per heavy atom. The highest BCUT2D eigenvalue weighted by Crippen LogP contribution is 2.27. The van der Waals surface area contributed by atoms with Crippen molar-refractivity contribution in [2.45, 2.75) is 26.3 Å². The quantitative estimate of drug-likeness (QED) is 0.752. The molecule has 0 saturated carbocycles. The fourth-order valence-corrected chi connectivity index (χ4v) is 4.09. The first-order valence-corrected chi connectivity index (χ1v) is 10.6. The van der Waals surface area contributed by atoms with Crippen molar-refractivity contribution in [3.63, 3.8) is 0 Å². The van der Waals surface area contributed by atoms with Crippen LogP contribution in [0, 0.1) is 6.92 Å². The number of carbonyl (C=O) groups excluding carboxylic acids is 1. The Morgan fingerprint density at radius 2 is 1.96 bits per heavy atom. The summed E-state index contributed by atoms with van der Waals surface area (Å²) < 4.78 is 31.2. The minimum absolute atomic E-state index is 0.287. The lowest BCUT2D eigenvalue weighted by atomic mass is 10.1. The molecule has 0 aromatic heterocycles. The van der Waals surface area contributed by atoms with Crippen LogP contribution in [0.5, 0.6) is 5.75 Å². The van der Waals surface area contributed by atoms with Crippen molar-refractivity contribution in [3.05, 3.63) is 53.1 Å². The van der Waals surface area contributed by atoms with E-state index in [0.29, 0.717) is 22.1 Å². The maximum absolute atomic E-state index is 12.9. The number of nitrogens with zero attached hydrogens (tertiary/aromatic N) is 1. The molecule has 0 radical (unpaired) electrons. The summed E-state index contributed by atoms with van der Waals surface area (Å²) in [5.41, 5.74) is 1.75. The number of anilines is 2. The van der Waals surface area contributed by atoms with Gasteiger partial charge in [-0.05, 0) is 43.2 Å². The number of rotatable bonds is 7. The van der Waals surface area contributed by atoms with E-state index in [1.165, 1.54) is 7.11 Å². The summed E-state index contributed by atoms with van der Waals surface area (Å²) in [6.45, 7) is 3.61. The lowest BCUT2D eigenvalue weighted by Crippen LogP contribution is -2.47. The van der Waals surface area contributed by atoms with Gasteiger partial charge in [-0.2, -0.15) is 0 Å². The molecule has 0 bridgehead atoms. The van der Waals surface area contributed by atoms with E-state index >= 15 is 0 Å². The third-order valence-electron chi connectivity index (χ3n) is 4.08. The molecule has 2 aromatic carbocycles. The second-order valence-electron chi connectivity index (χ2n) is 6.14. The molecule has 0 aliphatic carbocycles. The molecule has 27 heavy (non-hydrogen) atoms. The maximum Gasteiger partial charge on any atom is 0.248 e. The number of hydrogen-bond donors (Lipinski definition) is 1. The van der Waals surface area contributed by atoms with E-state index in [9.17, 15) is 13.2 Å². The van der Waals surface area contributed by atoms with Gasteiger partial charge in [-0.1, -0.05) is 30.7 Å². The normalized spacial score (nSPS) is 12.3. The Hall–Kier alpha value is -2.25. The van der Waals surface area contributed by atoms with Crippen molar-refractivity contribution in [3.8, 4) is 5.75 Å². The van der Waals surface area contributed by atoms with Gasteiger partial charge in [0.25, 0.3) is 0 Å². The summed E-state index contributed by atoms with van der Waals surface area (Å²) in [4.78, 5) is 12.9. The number of methoxy groups -OCH3 is 1. The van der Waals surface area contributed by atoms with E-state index in [1.807, 2.05) is 6.92 Å². The number of amides is 1. The molecule has 0 fully saturated rings. The SMILES string of the molecule is CCC(C(=O)Nc1ccc(C)c(Cl)c1)N(c1cccc(OC)c1)S(C)(=O)=O. The minimum Gasteiger partial charge on any atom is -0.497 e. The summed E-state index contributed by atoms with van der Waals surface area (Å²) in [6, 6.07) is 10.8. The molecular formula is C19H23ClN2O4S. The van der Waals surface area contributed by atoms with Gasteiger partial charge in [0, 0.05) is 16.8 Å². The maximum atomic E-state index is 12.9. The minimum atomic E-state index is -3.72. The molecular weight excluding hydrogens is 388 g/mol. The predicted molar refractivity (Wildman–Crippen MR) is 109 cm³/mol. The highest BCUT2D eigenvalue weighted by atomic mass is 35.5. The molecule has 0 spiro atoms. The van der Waals surface area contributed by atoms with Crippen LogP contribution in [-0.2, 0) is 14.8 Å². The third kappa shape index (κ3) is 5.14. The molecule has 8 heteroatoms. The Morgan fingerprint density at radius 1 is 1.26 bits per heavy atom. The highest BCUT2D eigenvalue weighted by molar-refractivity contribution is 7.92. The van der Waals surface area contributed by atoms with Crippen LogP contribution >= 0.6 is 11.6 Å². The first-order chi connectivity index (χ1) is 12.7. The fraction of sp³-hybridized carbons (Fsp3) is 0.316. The molecule has 2 aromatic rings. The monoisotopic (exact) mass is 410 g/mol. The van der Waals surface area contributed by atoms with Crippen LogP contribution in [0.1, 0.15) is 18.9 Å². The summed E-state index contributed by atoms with van der Waals surface area (Å²) in [7, 11) is -2.22. The molecule has 2 rings (SSSR count). The number of nitrogens with one attached hydrogen (secondary N) is 1. The average molecular weight is 411 g/mol. The Bertz CT molecular complexity index is 931. The lowest BCUT2D eigenvalue weighted by Gasteiger charge is -2.30. The summed E-state index contributed by atoms with van der Waals surface area (Å²) >= 11 is 6.10. The zero-order chi connectivity index (χ0) is 20.2. The van der Waals surface area contributed by atoms with Crippen LogP contribution in [0.25, 0.3) is 0 Å². The largest absolute Gasteiger partial charge is 0.497 e. The fourth-order valence-electron chi connectivity index (χ4n) is 2.70. The van der Waals surface area contributed by atoms with Crippen molar-refractivity contribution < 1.29 is 17.9 Å². The molecule has 1 N–H and O–H groups in total. The van der Waals surface area contributed by atoms with E-state index in [4.69, 9.17) is 16.3 Å². The van der Waals surface area contributed by atoms with E-state index in [1.54, 1.807) is 49.4 Å². The number of sulfonamides is 1. The first-order valence-electron chi connectivity index (χ1n) is 8.37. The van der Waals surface area contributed by atoms with Crippen molar-refractivity contribution in [1.82, 2.24) is 0 Å². The Kier molecular flexibility index (Phi) is 6.73. The number of aryl methyl sites for hydroxylation is 1. The topological polar surface area (TPSA) is 75.7 Å². The zero-order valence-corrected chi connectivity index (χ0v) is 17.3. The van der Waals surface area contributed by atoms with Gasteiger partial charge in [0.1, 0.15) is 11.8 Å². The smallest absolute Gasteiger partial charge is 0.248 e. The third-order valence-corrected chi connectivity index (χ3v) is 5.66. The Balaban J connectivity index is 2.39. The molecule has 0 aliphatic heterocycles. The highest BCUT2D eigenvalue weighted by Gasteiger charge is 2.31. The predicted octanol–water partition coefficient (Wildman–Crippen LogP) is 3.84. The van der Waals surface area contributed by atoms with E-state index in [0.717, 1.165) is 16.1 Å². The zero-order valence-electron chi connectivity index (χ0n) is 15.7. The number of ether oxygens (including phenoxy) is 1. The average Bonchev–Trinajstić information content (AvgIpc) is 2.61. The van der Waals surface area contributed by atoms with Gasteiger partial charge in [-0.25, -0.2) is 8.42 Å². The Labute approximate surface area is 165 Å². The van der Waals surface area contributed by atoms with Gasteiger partial charge >= 0.3 is 0 Å². The summed E-state index contributed by atoms with van der Waals surface area (Å²) in [5, 5.41) is 3.27. The first kappa shape index (κ1) is 21.1. The van der Waals surface area contributed by atoms with Crippen LogP contribution in [0.4, 0.5) is 11.4 Å². The van der Waals surface area contributed by atoms with Gasteiger partial charge in [-0.15, -0.1) is 0 Å². The van der Waals surface area contributed by atoms with Gasteiger partial charge in [-0.3, -0.25) is 9.10 Å². The molecule has 146 valence electrons. The molecule has 1 atom stereocenters. The number of benzene rings is 2. The van der Waals surface area contributed by atoms with E-state index < -0.39 is 22.0 Å². The number of carbonyl (C=O) groups is 1. The van der Waals surface area contributed by atoms with Crippen LogP contribution in [0.3, 0.4) is 0 Å². The van der Waals surface area contributed by atoms with Crippen LogP contribution < -0.4 is 14.4 Å². The molecule has 1 amide bonds. The van der Waals surface area contributed by atoms with Gasteiger partial charge in [0.2, 0.25) is 15.9 Å². The van der Waals surface area contributed by atoms with Crippen molar-refractivity contribution in [1.29, 1.82) is 0 Å².